The van der Waals surface area contributed by atoms with Crippen molar-refractivity contribution < 1.29 is 24.2 Å². The molecule has 0 saturated carbocycles. The monoisotopic (exact) mass is 324 g/mol. The Hall–Kier alpha value is -2.58. The number of carbonyl (C=O) groups is 3. The molecule has 1 aliphatic rings. The molecule has 0 aromatic carbocycles. The number of hydrogen-bond donors (Lipinski definition) is 2. The Balaban J connectivity index is 2.16. The van der Waals surface area contributed by atoms with Crippen molar-refractivity contribution in [2.24, 2.45) is 5.73 Å². The maximum Gasteiger partial charge on any atom is 0.410 e. The summed E-state index contributed by atoms with van der Waals surface area (Å²) in [5.41, 5.74) is 3.83. The van der Waals surface area contributed by atoms with Crippen LogP contribution in [0.1, 0.15) is 37.6 Å². The van der Waals surface area contributed by atoms with Crippen LogP contribution in [-0.4, -0.2) is 56.4 Å². The van der Waals surface area contributed by atoms with Crippen LogP contribution in [0.25, 0.3) is 0 Å². The summed E-state index contributed by atoms with van der Waals surface area (Å²) in [7, 11) is 0. The zero-order valence-corrected chi connectivity index (χ0v) is 13.3. The van der Waals surface area contributed by atoms with Gasteiger partial charge < -0.3 is 20.5 Å². The van der Waals surface area contributed by atoms with Gasteiger partial charge in [0.2, 0.25) is 0 Å². The van der Waals surface area contributed by atoms with Gasteiger partial charge in [0.15, 0.2) is 0 Å². The fourth-order valence-electron chi connectivity index (χ4n) is 2.45. The molecule has 1 aromatic rings. The summed E-state index contributed by atoms with van der Waals surface area (Å²) in [4.78, 5) is 35.7. The SMILES string of the molecule is CC(C)(C)OC(=O)N1CC(CC(=O)O)(n2cc(C(N)=O)cn2)C1. The summed E-state index contributed by atoms with van der Waals surface area (Å²) in [5.74, 6) is -1.67. The van der Waals surface area contributed by atoms with E-state index in [0.717, 1.165) is 0 Å². The molecule has 2 heterocycles. The number of nitrogens with two attached hydrogens (primary N) is 1. The van der Waals surface area contributed by atoms with Gasteiger partial charge in [-0.05, 0) is 20.8 Å². The first kappa shape index (κ1) is 16.8. The summed E-state index contributed by atoms with van der Waals surface area (Å²) in [6.07, 6.45) is 1.94. The number of rotatable bonds is 4. The summed E-state index contributed by atoms with van der Waals surface area (Å²) in [5, 5.41) is 13.2. The Kier molecular flexibility index (Phi) is 4.06. The Morgan fingerprint density at radius 2 is 2.00 bits per heavy atom. The lowest BCUT2D eigenvalue weighted by Crippen LogP contribution is -2.65. The maximum atomic E-state index is 12.0. The van der Waals surface area contributed by atoms with Crippen molar-refractivity contribution in [3.05, 3.63) is 18.0 Å². The number of amides is 2. The number of nitrogens with zero attached hydrogens (tertiary/aromatic N) is 3. The van der Waals surface area contributed by atoms with Crippen LogP contribution in [0.15, 0.2) is 12.4 Å². The molecule has 0 atom stereocenters. The van der Waals surface area contributed by atoms with E-state index in [4.69, 9.17) is 15.6 Å². The topological polar surface area (TPSA) is 128 Å². The first-order valence-electron chi connectivity index (χ1n) is 7.07. The third-order valence-corrected chi connectivity index (χ3v) is 3.46. The Morgan fingerprint density at radius 3 is 2.43 bits per heavy atom. The van der Waals surface area contributed by atoms with E-state index >= 15 is 0 Å². The summed E-state index contributed by atoms with van der Waals surface area (Å²) in [6.45, 7) is 5.52. The molecule has 0 bridgehead atoms. The zero-order valence-electron chi connectivity index (χ0n) is 13.3. The molecule has 0 aliphatic carbocycles. The van der Waals surface area contributed by atoms with E-state index in [1.165, 1.54) is 22.0 Å². The van der Waals surface area contributed by atoms with Gasteiger partial charge in [-0.15, -0.1) is 0 Å². The fourth-order valence-corrected chi connectivity index (χ4v) is 2.45. The fraction of sp³-hybridized carbons (Fsp3) is 0.571. The number of aromatic nitrogens is 2. The summed E-state index contributed by atoms with van der Waals surface area (Å²) < 4.78 is 6.65. The van der Waals surface area contributed by atoms with Crippen molar-refractivity contribution in [3.63, 3.8) is 0 Å². The number of carboxylic acids is 1. The molecule has 23 heavy (non-hydrogen) atoms. The second-order valence-corrected chi connectivity index (χ2v) is 6.67. The molecule has 0 radical (unpaired) electrons. The smallest absolute Gasteiger partial charge is 0.410 e. The highest BCUT2D eigenvalue weighted by atomic mass is 16.6. The van der Waals surface area contributed by atoms with Crippen molar-refractivity contribution in [3.8, 4) is 0 Å². The van der Waals surface area contributed by atoms with Gasteiger partial charge in [-0.1, -0.05) is 0 Å². The number of carboxylic acid groups (broad SMARTS) is 1. The molecule has 0 spiro atoms. The van der Waals surface area contributed by atoms with Gasteiger partial charge in [0, 0.05) is 6.20 Å². The predicted molar refractivity (Wildman–Crippen MR) is 78.8 cm³/mol. The van der Waals surface area contributed by atoms with Gasteiger partial charge in [0.25, 0.3) is 5.91 Å². The van der Waals surface area contributed by atoms with Gasteiger partial charge in [0.05, 0.1) is 31.3 Å². The van der Waals surface area contributed by atoms with Crippen LogP contribution in [0.5, 0.6) is 0 Å². The Labute approximate surface area is 133 Å². The van der Waals surface area contributed by atoms with Crippen molar-refractivity contribution in [2.45, 2.75) is 38.3 Å². The number of likely N-dealkylation sites (tertiary alicyclic amines) is 1. The molecule has 9 nitrogen and oxygen atoms in total. The van der Waals surface area contributed by atoms with Crippen LogP contribution in [0.2, 0.25) is 0 Å². The van der Waals surface area contributed by atoms with E-state index in [9.17, 15) is 14.4 Å². The number of hydrogen-bond acceptors (Lipinski definition) is 5. The highest BCUT2D eigenvalue weighted by Gasteiger charge is 2.50. The molecule has 1 aliphatic heterocycles. The van der Waals surface area contributed by atoms with Crippen LogP contribution in [0, 0.1) is 0 Å². The predicted octanol–water partition coefficient (Wildman–Crippen LogP) is 0.403. The highest BCUT2D eigenvalue weighted by Crippen LogP contribution is 2.33. The average Bonchev–Trinajstić information content (AvgIpc) is 2.80. The lowest BCUT2D eigenvalue weighted by atomic mass is 9.86. The molecule has 9 heteroatoms. The van der Waals surface area contributed by atoms with E-state index in [-0.39, 0.29) is 25.1 Å². The van der Waals surface area contributed by atoms with Gasteiger partial charge in [0.1, 0.15) is 11.1 Å². The molecular weight excluding hydrogens is 304 g/mol. The van der Waals surface area contributed by atoms with E-state index in [1.807, 2.05) is 0 Å². The van der Waals surface area contributed by atoms with Gasteiger partial charge in [-0.3, -0.25) is 14.3 Å². The molecule has 2 amide bonds. The Morgan fingerprint density at radius 1 is 1.39 bits per heavy atom. The second-order valence-electron chi connectivity index (χ2n) is 6.67. The second kappa shape index (κ2) is 5.56. The Bertz CT molecular complexity index is 640. The normalized spacial score (nSPS) is 16.6. The van der Waals surface area contributed by atoms with E-state index in [2.05, 4.69) is 5.10 Å². The molecule has 126 valence electrons. The largest absolute Gasteiger partial charge is 0.481 e. The van der Waals surface area contributed by atoms with Crippen molar-refractivity contribution in [1.29, 1.82) is 0 Å². The number of primary amides is 1. The molecule has 2 rings (SSSR count). The summed E-state index contributed by atoms with van der Waals surface area (Å²) in [6, 6.07) is 0. The van der Waals surface area contributed by atoms with E-state index in [1.54, 1.807) is 20.8 Å². The first-order chi connectivity index (χ1) is 10.5. The number of carbonyl (C=O) groups excluding carboxylic acids is 2. The van der Waals surface area contributed by atoms with Crippen LogP contribution < -0.4 is 5.73 Å². The minimum absolute atomic E-state index is 0.133. The van der Waals surface area contributed by atoms with E-state index < -0.39 is 29.1 Å². The minimum atomic E-state index is -1.02. The van der Waals surface area contributed by atoms with E-state index in [0.29, 0.717) is 0 Å². The zero-order chi connectivity index (χ0) is 17.4. The molecule has 1 fully saturated rings. The van der Waals surface area contributed by atoms with Crippen LogP contribution in [-0.2, 0) is 15.1 Å². The standard InChI is InChI=1S/C14H20N4O5/c1-13(2,3)23-12(22)17-7-14(8-17,4-10(19)20)18-6-9(5-16-18)11(15)21/h5-6H,4,7-8H2,1-3H3,(H2,15,21)(H,19,20). The highest BCUT2D eigenvalue weighted by molar-refractivity contribution is 5.92. The molecule has 1 saturated heterocycles. The molecule has 0 unspecified atom stereocenters. The molecular formula is C14H20N4O5. The number of aliphatic carboxylic acids is 1. The van der Waals surface area contributed by atoms with Gasteiger partial charge in [-0.25, -0.2) is 4.79 Å². The minimum Gasteiger partial charge on any atom is -0.481 e. The first-order valence-corrected chi connectivity index (χ1v) is 7.07. The van der Waals surface area contributed by atoms with Gasteiger partial charge in [-0.2, -0.15) is 5.10 Å². The van der Waals surface area contributed by atoms with Crippen LogP contribution >= 0.6 is 0 Å². The maximum absolute atomic E-state index is 12.0. The number of ether oxygens (including phenoxy) is 1. The molecule has 1 aromatic heterocycles. The van der Waals surface area contributed by atoms with Crippen LogP contribution in [0.3, 0.4) is 0 Å². The van der Waals surface area contributed by atoms with Gasteiger partial charge >= 0.3 is 12.1 Å². The summed E-state index contributed by atoms with van der Waals surface area (Å²) >= 11 is 0. The average molecular weight is 324 g/mol. The van der Waals surface area contributed by atoms with Crippen molar-refractivity contribution in [2.75, 3.05) is 13.1 Å². The third kappa shape index (κ3) is 3.61. The molecule has 3 N–H and O–H groups in total. The lowest BCUT2D eigenvalue weighted by molar-refractivity contribution is -0.143. The van der Waals surface area contributed by atoms with Crippen molar-refractivity contribution in [1.82, 2.24) is 14.7 Å². The third-order valence-electron chi connectivity index (χ3n) is 3.46. The quantitative estimate of drug-likeness (QED) is 0.825. The lowest BCUT2D eigenvalue weighted by Gasteiger charge is -2.49. The van der Waals surface area contributed by atoms with Crippen LogP contribution in [0.4, 0.5) is 4.79 Å². The van der Waals surface area contributed by atoms with Crippen molar-refractivity contribution >= 4 is 18.0 Å².